The summed E-state index contributed by atoms with van der Waals surface area (Å²) in [5.41, 5.74) is 1.64. The third-order valence-corrected chi connectivity index (χ3v) is 9.19. The molecule has 1 aromatic carbocycles. The molecular formula is C27H37FN2O3S. The minimum Gasteiger partial charge on any atom is -0.497 e. The van der Waals surface area contributed by atoms with Crippen LogP contribution in [0, 0.1) is 5.41 Å². The van der Waals surface area contributed by atoms with Crippen LogP contribution in [-0.2, 0) is 17.9 Å². The lowest BCUT2D eigenvalue weighted by molar-refractivity contribution is -0.152. The zero-order chi connectivity index (χ0) is 24.0. The standard InChI is InChI=1S/C27H37FN2O3S/c1-33-21-8-9-25-24(17-21)23(20(18-28)19-29-25)7-4-10-27(26(31)32)11-13-30(14-12-27)15-16-34-22-5-2-3-6-22/h8-9,17,19,22H,2-7,10-16,18H2,1H3,(H,31,32). The number of aliphatic carboxylic acids is 1. The van der Waals surface area contributed by atoms with Gasteiger partial charge in [0.1, 0.15) is 12.4 Å². The number of aryl methyl sites for hydroxylation is 1. The summed E-state index contributed by atoms with van der Waals surface area (Å²) in [4.78, 5) is 19.1. The maximum Gasteiger partial charge on any atom is 0.309 e. The number of hydrogen-bond donors (Lipinski definition) is 1. The van der Waals surface area contributed by atoms with E-state index >= 15 is 0 Å². The zero-order valence-corrected chi connectivity index (χ0v) is 21.0. The van der Waals surface area contributed by atoms with E-state index in [-0.39, 0.29) is 0 Å². The van der Waals surface area contributed by atoms with Crippen LogP contribution in [0.3, 0.4) is 0 Å². The lowest BCUT2D eigenvalue weighted by atomic mass is 9.74. The molecule has 0 unspecified atom stereocenters. The minimum atomic E-state index is -0.681. The molecule has 5 nitrogen and oxygen atoms in total. The van der Waals surface area contributed by atoms with Crippen molar-refractivity contribution in [1.82, 2.24) is 9.88 Å². The van der Waals surface area contributed by atoms with Gasteiger partial charge in [-0.1, -0.05) is 12.8 Å². The van der Waals surface area contributed by atoms with E-state index in [4.69, 9.17) is 4.74 Å². The van der Waals surface area contributed by atoms with Crippen LogP contribution in [-0.4, -0.2) is 58.7 Å². The van der Waals surface area contributed by atoms with Gasteiger partial charge in [-0.05, 0) is 81.8 Å². The average Bonchev–Trinajstić information content (AvgIpc) is 3.38. The fraction of sp³-hybridized carbons (Fsp3) is 0.630. The number of ether oxygens (including phenoxy) is 1. The molecule has 0 spiro atoms. The van der Waals surface area contributed by atoms with Crippen molar-refractivity contribution < 1.29 is 19.0 Å². The van der Waals surface area contributed by atoms with E-state index in [0.717, 1.165) is 47.1 Å². The summed E-state index contributed by atoms with van der Waals surface area (Å²) < 4.78 is 19.1. The van der Waals surface area contributed by atoms with Crippen LogP contribution in [0.5, 0.6) is 5.75 Å². The first-order valence-corrected chi connectivity index (χ1v) is 13.7. The summed E-state index contributed by atoms with van der Waals surface area (Å²) in [5.74, 6) is 1.18. The average molecular weight is 489 g/mol. The molecule has 2 aliphatic rings. The van der Waals surface area contributed by atoms with Crippen LogP contribution in [0.1, 0.15) is 62.5 Å². The summed E-state index contributed by atoms with van der Waals surface area (Å²) in [7, 11) is 1.61. The summed E-state index contributed by atoms with van der Waals surface area (Å²) >= 11 is 2.10. The van der Waals surface area contributed by atoms with Crippen LogP contribution >= 0.6 is 11.8 Å². The van der Waals surface area contributed by atoms with Gasteiger partial charge in [-0.2, -0.15) is 11.8 Å². The molecular weight excluding hydrogens is 451 g/mol. The number of aromatic nitrogens is 1. The molecule has 1 aliphatic carbocycles. The third-order valence-electron chi connectivity index (χ3n) is 7.83. The summed E-state index contributed by atoms with van der Waals surface area (Å²) in [6.07, 6.45) is 10.4. The Bertz CT molecular complexity index is 966. The third kappa shape index (κ3) is 5.85. The highest BCUT2D eigenvalue weighted by atomic mass is 32.2. The highest BCUT2D eigenvalue weighted by Gasteiger charge is 2.40. The van der Waals surface area contributed by atoms with Gasteiger partial charge in [0.15, 0.2) is 0 Å². The fourth-order valence-electron chi connectivity index (χ4n) is 5.59. The van der Waals surface area contributed by atoms with E-state index in [1.807, 2.05) is 18.2 Å². The van der Waals surface area contributed by atoms with E-state index in [1.54, 1.807) is 13.3 Å². The van der Waals surface area contributed by atoms with E-state index in [0.29, 0.717) is 43.4 Å². The number of likely N-dealkylation sites (tertiary alicyclic amines) is 1. The number of thioether (sulfide) groups is 1. The van der Waals surface area contributed by atoms with E-state index < -0.39 is 18.1 Å². The van der Waals surface area contributed by atoms with Crippen molar-refractivity contribution in [1.29, 1.82) is 0 Å². The van der Waals surface area contributed by atoms with Crippen molar-refractivity contribution in [3.8, 4) is 5.75 Å². The van der Waals surface area contributed by atoms with Crippen molar-refractivity contribution in [2.45, 2.75) is 69.7 Å². The predicted molar refractivity (Wildman–Crippen MR) is 137 cm³/mol. The molecule has 0 radical (unpaired) electrons. The van der Waals surface area contributed by atoms with E-state index in [2.05, 4.69) is 21.6 Å². The van der Waals surface area contributed by atoms with Crippen LogP contribution < -0.4 is 4.74 Å². The number of fused-ring (bicyclic) bond motifs is 1. The normalized spacial score (nSPS) is 19.0. The van der Waals surface area contributed by atoms with Gasteiger partial charge in [0.25, 0.3) is 0 Å². The number of carboxylic acids is 1. The Morgan fingerprint density at radius 3 is 2.74 bits per heavy atom. The zero-order valence-electron chi connectivity index (χ0n) is 20.2. The van der Waals surface area contributed by atoms with Crippen LogP contribution in [0.4, 0.5) is 4.39 Å². The molecule has 2 heterocycles. The van der Waals surface area contributed by atoms with E-state index in [1.165, 1.54) is 25.7 Å². The Morgan fingerprint density at radius 2 is 2.06 bits per heavy atom. The van der Waals surface area contributed by atoms with Gasteiger partial charge in [-0.3, -0.25) is 9.78 Å². The van der Waals surface area contributed by atoms with Crippen molar-refractivity contribution in [3.05, 3.63) is 35.5 Å². The molecule has 1 N–H and O–H groups in total. The molecule has 4 rings (SSSR count). The molecule has 1 aliphatic heterocycles. The monoisotopic (exact) mass is 488 g/mol. The first-order valence-electron chi connectivity index (χ1n) is 12.6. The topological polar surface area (TPSA) is 62.7 Å². The number of piperidine rings is 1. The lowest BCUT2D eigenvalue weighted by Gasteiger charge is -2.39. The maximum atomic E-state index is 13.8. The molecule has 0 amide bonds. The maximum absolute atomic E-state index is 13.8. The van der Waals surface area contributed by atoms with Gasteiger partial charge < -0.3 is 14.7 Å². The molecule has 0 atom stereocenters. The minimum absolute atomic E-state index is 0.576. The molecule has 7 heteroatoms. The number of alkyl halides is 1. The summed E-state index contributed by atoms with van der Waals surface area (Å²) in [6, 6.07) is 5.65. The SMILES string of the molecule is COc1ccc2ncc(CF)c(CCCC3(C(=O)O)CCN(CCSC4CCCC4)CC3)c2c1. The summed E-state index contributed by atoms with van der Waals surface area (Å²) in [6.45, 7) is 2.18. The number of benzene rings is 1. The Balaban J connectivity index is 1.35. The second-order valence-corrected chi connectivity index (χ2v) is 11.2. The first-order chi connectivity index (χ1) is 16.5. The molecule has 1 aromatic heterocycles. The number of rotatable bonds is 11. The van der Waals surface area contributed by atoms with Gasteiger partial charge in [-0.25, -0.2) is 4.39 Å². The van der Waals surface area contributed by atoms with Crippen molar-refractivity contribution in [2.75, 3.05) is 32.5 Å². The van der Waals surface area contributed by atoms with Gasteiger partial charge in [0.2, 0.25) is 0 Å². The number of carbonyl (C=O) groups is 1. The smallest absolute Gasteiger partial charge is 0.309 e. The number of halogens is 1. The number of carboxylic acid groups (broad SMARTS) is 1. The first kappa shape index (κ1) is 25.2. The van der Waals surface area contributed by atoms with Crippen molar-refractivity contribution in [2.24, 2.45) is 5.41 Å². The molecule has 2 aromatic rings. The highest BCUT2D eigenvalue weighted by molar-refractivity contribution is 7.99. The van der Waals surface area contributed by atoms with Crippen LogP contribution in [0.25, 0.3) is 10.9 Å². The Kier molecular flexibility index (Phi) is 8.70. The van der Waals surface area contributed by atoms with Crippen molar-refractivity contribution >= 4 is 28.6 Å². The van der Waals surface area contributed by atoms with Crippen LogP contribution in [0.2, 0.25) is 0 Å². The second-order valence-electron chi connectivity index (χ2n) is 9.84. The second kappa shape index (κ2) is 11.7. The number of pyridine rings is 1. The van der Waals surface area contributed by atoms with Crippen LogP contribution in [0.15, 0.2) is 24.4 Å². The fourth-order valence-corrected chi connectivity index (χ4v) is 6.95. The Labute approximate surface area is 206 Å². The quantitative estimate of drug-likeness (QED) is 0.426. The Morgan fingerprint density at radius 1 is 1.29 bits per heavy atom. The van der Waals surface area contributed by atoms with Crippen molar-refractivity contribution in [3.63, 3.8) is 0 Å². The Hall–Kier alpha value is -1.86. The van der Waals surface area contributed by atoms with Gasteiger partial charge >= 0.3 is 5.97 Å². The molecule has 0 bridgehead atoms. The molecule has 2 fully saturated rings. The largest absolute Gasteiger partial charge is 0.497 e. The predicted octanol–water partition coefficient (Wildman–Crippen LogP) is 5.88. The molecule has 1 saturated heterocycles. The molecule has 34 heavy (non-hydrogen) atoms. The number of nitrogens with zero attached hydrogens (tertiary/aromatic N) is 2. The lowest BCUT2D eigenvalue weighted by Crippen LogP contribution is -2.45. The molecule has 1 saturated carbocycles. The number of hydrogen-bond acceptors (Lipinski definition) is 5. The number of methoxy groups -OCH3 is 1. The van der Waals surface area contributed by atoms with E-state index in [9.17, 15) is 14.3 Å². The highest BCUT2D eigenvalue weighted by Crippen LogP contribution is 2.38. The van der Waals surface area contributed by atoms with Gasteiger partial charge in [0, 0.05) is 34.7 Å². The van der Waals surface area contributed by atoms with Gasteiger partial charge in [0.05, 0.1) is 18.0 Å². The van der Waals surface area contributed by atoms with Gasteiger partial charge in [-0.15, -0.1) is 0 Å². The summed E-state index contributed by atoms with van der Waals surface area (Å²) in [5, 5.41) is 11.9. The molecule has 186 valence electrons.